The molecule has 0 heterocycles. The molecule has 0 aliphatic carbocycles. The standard InChI is InChI=1S/C22H17N3O4/c1-15-18(13-8-14-19(15)25(28)29)23-24-20(21(26)16-9-4-2-5-10-16)22(27)17-11-6-3-7-12-17/h2-14,26H,1H3/b21-20-,24-23?. The van der Waals surface area contributed by atoms with E-state index >= 15 is 0 Å². The van der Waals surface area contributed by atoms with E-state index in [-0.39, 0.29) is 22.8 Å². The number of hydrogen-bond donors (Lipinski definition) is 1. The Balaban J connectivity index is 2.10. The first-order chi connectivity index (χ1) is 14.0. The number of hydrogen-bond acceptors (Lipinski definition) is 6. The third-order valence-corrected chi connectivity index (χ3v) is 4.25. The number of ketones is 1. The molecule has 0 aliphatic heterocycles. The summed E-state index contributed by atoms with van der Waals surface area (Å²) in [6.45, 7) is 1.55. The van der Waals surface area contributed by atoms with Crippen molar-refractivity contribution in [2.45, 2.75) is 6.92 Å². The number of aliphatic hydroxyl groups excluding tert-OH is 1. The van der Waals surface area contributed by atoms with E-state index < -0.39 is 10.7 Å². The summed E-state index contributed by atoms with van der Waals surface area (Å²) < 4.78 is 0. The fourth-order valence-corrected chi connectivity index (χ4v) is 2.68. The van der Waals surface area contributed by atoms with Gasteiger partial charge in [-0.1, -0.05) is 66.7 Å². The van der Waals surface area contributed by atoms with Crippen LogP contribution in [0, 0.1) is 17.0 Å². The van der Waals surface area contributed by atoms with Gasteiger partial charge in [0, 0.05) is 17.2 Å². The molecule has 0 fully saturated rings. The van der Waals surface area contributed by atoms with Crippen LogP contribution in [0.1, 0.15) is 21.5 Å². The fraction of sp³-hybridized carbons (Fsp3) is 0.0455. The summed E-state index contributed by atoms with van der Waals surface area (Å²) in [6, 6.07) is 21.3. The van der Waals surface area contributed by atoms with Crippen LogP contribution >= 0.6 is 0 Å². The number of rotatable bonds is 6. The number of nitro benzene ring substituents is 1. The molecule has 29 heavy (non-hydrogen) atoms. The molecular weight excluding hydrogens is 370 g/mol. The van der Waals surface area contributed by atoms with Gasteiger partial charge in [0.25, 0.3) is 5.69 Å². The zero-order valence-electron chi connectivity index (χ0n) is 15.5. The molecule has 0 bridgehead atoms. The summed E-state index contributed by atoms with van der Waals surface area (Å²) in [6.07, 6.45) is 0. The Morgan fingerprint density at radius 2 is 1.48 bits per heavy atom. The lowest BCUT2D eigenvalue weighted by atomic mass is 10.1. The largest absolute Gasteiger partial charge is 0.505 e. The van der Waals surface area contributed by atoms with Crippen LogP contribution in [0.4, 0.5) is 11.4 Å². The van der Waals surface area contributed by atoms with Crippen LogP contribution in [0.3, 0.4) is 0 Å². The highest BCUT2D eigenvalue weighted by atomic mass is 16.6. The second-order valence-electron chi connectivity index (χ2n) is 6.14. The summed E-state index contributed by atoms with van der Waals surface area (Å²) in [5.41, 5.74) is 0.925. The number of Topliss-reactive ketones (excluding diaryl/α,β-unsaturated/α-hetero) is 1. The quantitative estimate of drug-likeness (QED) is 0.144. The van der Waals surface area contributed by atoms with E-state index in [1.54, 1.807) is 73.7 Å². The van der Waals surface area contributed by atoms with E-state index in [0.717, 1.165) is 0 Å². The predicted octanol–water partition coefficient (Wildman–Crippen LogP) is 5.80. The maximum atomic E-state index is 13.0. The minimum absolute atomic E-state index is 0.103. The summed E-state index contributed by atoms with van der Waals surface area (Å²) in [5.74, 6) is -0.843. The molecule has 1 N–H and O–H groups in total. The lowest BCUT2D eigenvalue weighted by Crippen LogP contribution is -2.04. The Hall–Kier alpha value is -4.13. The van der Waals surface area contributed by atoms with E-state index in [1.165, 1.54) is 12.1 Å². The van der Waals surface area contributed by atoms with Gasteiger partial charge < -0.3 is 5.11 Å². The number of benzene rings is 3. The van der Waals surface area contributed by atoms with Crippen LogP contribution in [-0.2, 0) is 0 Å². The van der Waals surface area contributed by atoms with E-state index in [9.17, 15) is 20.0 Å². The Morgan fingerprint density at radius 1 is 0.897 bits per heavy atom. The minimum atomic E-state index is -0.515. The van der Waals surface area contributed by atoms with Gasteiger partial charge in [-0.15, -0.1) is 10.2 Å². The second-order valence-corrected chi connectivity index (χ2v) is 6.14. The molecule has 0 atom stereocenters. The third kappa shape index (κ3) is 4.41. The molecule has 3 aromatic carbocycles. The monoisotopic (exact) mass is 387 g/mol. The number of azo groups is 1. The van der Waals surface area contributed by atoms with E-state index in [4.69, 9.17) is 0 Å². The molecule has 0 radical (unpaired) electrons. The number of nitrogens with zero attached hydrogens (tertiary/aromatic N) is 3. The summed E-state index contributed by atoms with van der Waals surface area (Å²) in [7, 11) is 0. The Morgan fingerprint density at radius 3 is 2.07 bits per heavy atom. The summed E-state index contributed by atoms with van der Waals surface area (Å²) in [5, 5.41) is 29.8. The first-order valence-corrected chi connectivity index (χ1v) is 8.73. The van der Waals surface area contributed by atoms with Crippen LogP contribution in [0.2, 0.25) is 0 Å². The maximum absolute atomic E-state index is 13.0. The van der Waals surface area contributed by atoms with Gasteiger partial charge in [-0.2, -0.15) is 0 Å². The van der Waals surface area contributed by atoms with Crippen LogP contribution in [0.5, 0.6) is 0 Å². The topological polar surface area (TPSA) is 105 Å². The number of carbonyl (C=O) groups is 1. The lowest BCUT2D eigenvalue weighted by molar-refractivity contribution is -0.385. The Labute approximate surface area is 166 Å². The van der Waals surface area contributed by atoms with Crippen LogP contribution in [0.25, 0.3) is 5.76 Å². The van der Waals surface area contributed by atoms with Gasteiger partial charge in [-0.25, -0.2) is 0 Å². The SMILES string of the molecule is Cc1c(N=N/C(C(=O)c2ccccc2)=C(\O)c2ccccc2)cccc1[N+](=O)[O-]. The molecule has 0 unspecified atom stereocenters. The third-order valence-electron chi connectivity index (χ3n) is 4.25. The number of allylic oxidation sites excluding steroid dienone is 1. The minimum Gasteiger partial charge on any atom is -0.505 e. The number of aliphatic hydroxyl groups is 1. The first-order valence-electron chi connectivity index (χ1n) is 8.73. The molecule has 0 aromatic heterocycles. The van der Waals surface area contributed by atoms with Crippen molar-refractivity contribution in [1.82, 2.24) is 0 Å². The molecular formula is C22H17N3O4. The van der Waals surface area contributed by atoms with Gasteiger partial charge in [0.2, 0.25) is 5.78 Å². The number of carbonyl (C=O) groups excluding carboxylic acids is 1. The van der Waals surface area contributed by atoms with Crippen LogP contribution in [0.15, 0.2) is 94.8 Å². The first kappa shape index (κ1) is 19.6. The lowest BCUT2D eigenvalue weighted by Gasteiger charge is -2.06. The van der Waals surface area contributed by atoms with Gasteiger partial charge in [0.15, 0.2) is 11.5 Å². The normalized spacial score (nSPS) is 11.9. The van der Waals surface area contributed by atoms with Gasteiger partial charge in [0.1, 0.15) is 0 Å². The highest BCUT2D eigenvalue weighted by Gasteiger charge is 2.19. The summed E-state index contributed by atoms with van der Waals surface area (Å²) in [4.78, 5) is 23.6. The average Bonchev–Trinajstić information content (AvgIpc) is 2.75. The van der Waals surface area contributed by atoms with Crippen molar-refractivity contribution in [3.63, 3.8) is 0 Å². The smallest absolute Gasteiger partial charge is 0.274 e. The van der Waals surface area contributed by atoms with E-state index in [2.05, 4.69) is 10.2 Å². The van der Waals surface area contributed by atoms with Gasteiger partial charge in [-0.05, 0) is 13.0 Å². The maximum Gasteiger partial charge on any atom is 0.274 e. The zero-order valence-corrected chi connectivity index (χ0v) is 15.5. The predicted molar refractivity (Wildman–Crippen MR) is 109 cm³/mol. The molecule has 0 aliphatic rings. The highest BCUT2D eigenvalue weighted by molar-refractivity contribution is 6.12. The molecule has 7 nitrogen and oxygen atoms in total. The molecule has 3 aromatic rings. The highest BCUT2D eigenvalue weighted by Crippen LogP contribution is 2.29. The molecule has 7 heteroatoms. The van der Waals surface area contributed by atoms with Crippen molar-refractivity contribution < 1.29 is 14.8 Å². The van der Waals surface area contributed by atoms with Crippen molar-refractivity contribution >= 4 is 22.9 Å². The second kappa shape index (κ2) is 8.71. The van der Waals surface area contributed by atoms with E-state index in [1.807, 2.05) is 0 Å². The zero-order chi connectivity index (χ0) is 20.8. The molecule has 3 rings (SSSR count). The molecule has 0 saturated heterocycles. The van der Waals surface area contributed by atoms with E-state index in [0.29, 0.717) is 16.7 Å². The van der Waals surface area contributed by atoms with Gasteiger partial charge >= 0.3 is 0 Å². The van der Waals surface area contributed by atoms with Crippen molar-refractivity contribution in [2.75, 3.05) is 0 Å². The Bertz CT molecular complexity index is 1110. The van der Waals surface area contributed by atoms with Gasteiger partial charge in [-0.3, -0.25) is 14.9 Å². The number of nitro groups is 1. The molecule has 144 valence electrons. The van der Waals surface area contributed by atoms with Crippen molar-refractivity contribution in [3.8, 4) is 0 Å². The fourth-order valence-electron chi connectivity index (χ4n) is 2.68. The van der Waals surface area contributed by atoms with Crippen LogP contribution in [-0.4, -0.2) is 15.8 Å². The molecule has 0 amide bonds. The van der Waals surface area contributed by atoms with Crippen LogP contribution < -0.4 is 0 Å². The Kier molecular flexibility index (Phi) is 5.89. The van der Waals surface area contributed by atoms with Crippen molar-refractivity contribution in [2.24, 2.45) is 10.2 Å². The molecule has 0 saturated carbocycles. The summed E-state index contributed by atoms with van der Waals surface area (Å²) >= 11 is 0. The molecule has 0 spiro atoms. The van der Waals surface area contributed by atoms with Crippen molar-refractivity contribution in [3.05, 3.63) is 111 Å². The average molecular weight is 387 g/mol. The van der Waals surface area contributed by atoms with Crippen molar-refractivity contribution in [1.29, 1.82) is 0 Å². The van der Waals surface area contributed by atoms with Gasteiger partial charge in [0.05, 0.1) is 16.2 Å².